The largest absolute Gasteiger partial charge is 0.392 e. The highest BCUT2D eigenvalue weighted by Crippen LogP contribution is 2.38. The number of carbonyl (C=O) groups is 1. The fraction of sp³-hybridized carbons (Fsp3) is 0.533. The lowest BCUT2D eigenvalue weighted by Gasteiger charge is -2.27. The number of aliphatic imine (C=N–C) groups is 1. The molecule has 5 nitrogen and oxygen atoms in total. The Morgan fingerprint density at radius 3 is 2.53 bits per heavy atom. The molecule has 1 heterocycles. The maximum Gasteiger partial charge on any atom is 0.227 e. The number of halogens is 1. The topological polar surface area (TPSA) is 64.9 Å². The van der Waals surface area contributed by atoms with Gasteiger partial charge in [-0.2, -0.15) is 0 Å². The number of benzene rings is 2. The Kier molecular flexibility index (Phi) is 7.70. The second kappa shape index (κ2) is 11.1. The van der Waals surface area contributed by atoms with Crippen molar-refractivity contribution in [2.45, 2.75) is 70.1 Å². The molecule has 3 aliphatic rings. The molecule has 2 N–H and O–H groups in total. The first-order valence-corrected chi connectivity index (χ1v) is 13.6. The van der Waals surface area contributed by atoms with Gasteiger partial charge in [0, 0.05) is 23.9 Å². The molecule has 0 spiro atoms. The summed E-state index contributed by atoms with van der Waals surface area (Å²) < 4.78 is 13.6. The Balaban J connectivity index is 1.36. The molecule has 2 saturated carbocycles. The average Bonchev–Trinajstić information content (AvgIpc) is 3.58. The first-order chi connectivity index (χ1) is 17.5. The predicted molar refractivity (Wildman–Crippen MR) is 142 cm³/mol. The standard InChI is InChI=1S/C30H38FN3O2/c1-34-19-28(32-29(22-13-15-23(31)16-14-22)24-8-4-5-9-26(24)34)33-30(36)25(18-21-10-11-21)27(35)17-12-20-6-2-3-7-20/h4-5,8-9,13-16,20-21,25,27-28,35H,2-3,6-7,10-12,17-19H2,1H3,(H,33,36). The summed E-state index contributed by atoms with van der Waals surface area (Å²) in [4.78, 5) is 20.7. The van der Waals surface area contributed by atoms with Crippen molar-refractivity contribution in [2.24, 2.45) is 22.7 Å². The molecule has 2 aliphatic carbocycles. The van der Waals surface area contributed by atoms with E-state index in [0.29, 0.717) is 24.8 Å². The highest BCUT2D eigenvalue weighted by atomic mass is 19.1. The number of aliphatic hydroxyl groups is 1. The number of rotatable bonds is 9. The molecule has 36 heavy (non-hydrogen) atoms. The summed E-state index contributed by atoms with van der Waals surface area (Å²) >= 11 is 0. The molecule has 1 amide bonds. The van der Waals surface area contributed by atoms with E-state index in [4.69, 9.17) is 4.99 Å². The van der Waals surface area contributed by atoms with E-state index in [2.05, 4.69) is 10.2 Å². The van der Waals surface area contributed by atoms with Crippen LogP contribution in [0.3, 0.4) is 0 Å². The van der Waals surface area contributed by atoms with E-state index in [0.717, 1.165) is 48.2 Å². The van der Waals surface area contributed by atoms with Crippen molar-refractivity contribution < 1.29 is 14.3 Å². The minimum atomic E-state index is -0.618. The number of hydrogen-bond donors (Lipinski definition) is 2. The first-order valence-electron chi connectivity index (χ1n) is 13.6. The molecule has 1 aliphatic heterocycles. The van der Waals surface area contributed by atoms with Gasteiger partial charge in [-0.3, -0.25) is 9.79 Å². The van der Waals surface area contributed by atoms with Gasteiger partial charge in [-0.05, 0) is 61.4 Å². The van der Waals surface area contributed by atoms with Crippen LogP contribution in [-0.4, -0.2) is 42.6 Å². The third-order valence-corrected chi connectivity index (χ3v) is 8.16. The zero-order valence-electron chi connectivity index (χ0n) is 21.2. The summed E-state index contributed by atoms with van der Waals surface area (Å²) in [5.74, 6) is 0.437. The Morgan fingerprint density at radius 2 is 1.81 bits per heavy atom. The molecule has 0 radical (unpaired) electrons. The normalized spacial score (nSPS) is 21.9. The summed E-state index contributed by atoms with van der Waals surface area (Å²) in [6.07, 6.45) is 8.72. The SMILES string of the molecule is CN1CC(NC(=O)C(CC2CC2)C(O)CCC2CCCC2)N=C(c2ccc(F)cc2)c2ccccc21. The van der Waals surface area contributed by atoms with Gasteiger partial charge < -0.3 is 15.3 Å². The predicted octanol–water partition coefficient (Wildman–Crippen LogP) is 5.30. The molecule has 3 atom stereocenters. The van der Waals surface area contributed by atoms with E-state index >= 15 is 0 Å². The quantitative estimate of drug-likeness (QED) is 0.500. The van der Waals surface area contributed by atoms with Crippen LogP contribution in [0.4, 0.5) is 10.1 Å². The second-order valence-electron chi connectivity index (χ2n) is 11.0. The van der Waals surface area contributed by atoms with E-state index in [1.165, 1.54) is 37.8 Å². The molecule has 2 aromatic rings. The van der Waals surface area contributed by atoms with Gasteiger partial charge >= 0.3 is 0 Å². The van der Waals surface area contributed by atoms with Crippen LogP contribution in [0, 0.1) is 23.6 Å². The van der Waals surface area contributed by atoms with Gasteiger partial charge in [0.1, 0.15) is 12.0 Å². The number of benzodiazepines with no additional fused rings is 1. The van der Waals surface area contributed by atoms with E-state index in [-0.39, 0.29) is 11.7 Å². The molecule has 192 valence electrons. The summed E-state index contributed by atoms with van der Waals surface area (Å²) in [7, 11) is 2.00. The van der Waals surface area contributed by atoms with Gasteiger partial charge in [0.05, 0.1) is 24.3 Å². The molecule has 3 unspecified atom stereocenters. The minimum Gasteiger partial charge on any atom is -0.392 e. The molecular formula is C30H38FN3O2. The van der Waals surface area contributed by atoms with Crippen molar-refractivity contribution >= 4 is 17.3 Å². The fourth-order valence-electron chi connectivity index (χ4n) is 5.88. The van der Waals surface area contributed by atoms with Crippen LogP contribution in [0.2, 0.25) is 0 Å². The van der Waals surface area contributed by atoms with Crippen molar-refractivity contribution in [1.82, 2.24) is 5.32 Å². The Morgan fingerprint density at radius 1 is 1.08 bits per heavy atom. The van der Waals surface area contributed by atoms with Crippen molar-refractivity contribution in [2.75, 3.05) is 18.5 Å². The summed E-state index contributed by atoms with van der Waals surface area (Å²) in [6, 6.07) is 14.4. The van der Waals surface area contributed by atoms with Crippen molar-refractivity contribution in [3.05, 3.63) is 65.5 Å². The molecule has 2 fully saturated rings. The van der Waals surface area contributed by atoms with Gasteiger partial charge in [-0.15, -0.1) is 0 Å². The third-order valence-electron chi connectivity index (χ3n) is 8.16. The lowest BCUT2D eigenvalue weighted by molar-refractivity contribution is -0.130. The smallest absolute Gasteiger partial charge is 0.227 e. The molecule has 0 saturated heterocycles. The van der Waals surface area contributed by atoms with Gasteiger partial charge in [-0.1, -0.05) is 56.7 Å². The van der Waals surface area contributed by atoms with Crippen LogP contribution in [0.5, 0.6) is 0 Å². The molecule has 0 bridgehead atoms. The van der Waals surface area contributed by atoms with Crippen molar-refractivity contribution in [3.8, 4) is 0 Å². The van der Waals surface area contributed by atoms with Crippen LogP contribution < -0.4 is 10.2 Å². The molecule has 6 heteroatoms. The number of aliphatic hydroxyl groups excluding tert-OH is 1. The second-order valence-corrected chi connectivity index (χ2v) is 11.0. The van der Waals surface area contributed by atoms with Crippen LogP contribution in [0.25, 0.3) is 0 Å². The van der Waals surface area contributed by atoms with Crippen molar-refractivity contribution in [3.63, 3.8) is 0 Å². The summed E-state index contributed by atoms with van der Waals surface area (Å²) in [6.45, 7) is 0.516. The molecule has 0 aromatic heterocycles. The molecular weight excluding hydrogens is 453 g/mol. The summed E-state index contributed by atoms with van der Waals surface area (Å²) in [5.41, 5.74) is 3.52. The number of hydrogen-bond acceptors (Lipinski definition) is 4. The maximum absolute atomic E-state index is 13.6. The van der Waals surface area contributed by atoms with E-state index in [1.807, 2.05) is 31.3 Å². The van der Waals surface area contributed by atoms with E-state index in [1.54, 1.807) is 12.1 Å². The highest BCUT2D eigenvalue weighted by Gasteiger charge is 2.35. The lowest BCUT2D eigenvalue weighted by atomic mass is 9.89. The van der Waals surface area contributed by atoms with Crippen LogP contribution in [0.15, 0.2) is 53.5 Å². The van der Waals surface area contributed by atoms with E-state index in [9.17, 15) is 14.3 Å². The van der Waals surface area contributed by atoms with Gasteiger partial charge in [-0.25, -0.2) is 4.39 Å². The van der Waals surface area contributed by atoms with Gasteiger partial charge in [0.2, 0.25) is 5.91 Å². The summed E-state index contributed by atoms with van der Waals surface area (Å²) in [5, 5.41) is 14.3. The Labute approximate surface area is 213 Å². The van der Waals surface area contributed by atoms with E-state index < -0.39 is 18.2 Å². The average molecular weight is 492 g/mol. The third kappa shape index (κ3) is 5.97. The zero-order chi connectivity index (χ0) is 25.1. The van der Waals surface area contributed by atoms with Gasteiger partial charge in [0.25, 0.3) is 0 Å². The van der Waals surface area contributed by atoms with Crippen LogP contribution in [0.1, 0.15) is 68.9 Å². The monoisotopic (exact) mass is 491 g/mol. The minimum absolute atomic E-state index is 0.104. The number of nitrogens with zero attached hydrogens (tertiary/aromatic N) is 2. The highest BCUT2D eigenvalue weighted by molar-refractivity contribution is 6.16. The molecule has 2 aromatic carbocycles. The van der Waals surface area contributed by atoms with Gasteiger partial charge in [0.15, 0.2) is 0 Å². The fourth-order valence-corrected chi connectivity index (χ4v) is 5.88. The van der Waals surface area contributed by atoms with Crippen LogP contribution >= 0.6 is 0 Å². The number of para-hydroxylation sites is 1. The number of nitrogens with one attached hydrogen (secondary N) is 1. The number of amides is 1. The number of fused-ring (bicyclic) bond motifs is 1. The van der Waals surface area contributed by atoms with Crippen molar-refractivity contribution in [1.29, 1.82) is 0 Å². The Bertz CT molecular complexity index is 1080. The number of likely N-dealkylation sites (N-methyl/N-ethyl adjacent to an activating group) is 1. The first kappa shape index (κ1) is 24.9. The lowest BCUT2D eigenvalue weighted by Crippen LogP contribution is -2.46. The van der Waals surface area contributed by atoms with Crippen LogP contribution in [-0.2, 0) is 4.79 Å². The Hall–Kier alpha value is -2.73. The number of carbonyl (C=O) groups excluding carboxylic acids is 1. The molecule has 5 rings (SSSR count). The maximum atomic E-state index is 13.6. The zero-order valence-corrected chi connectivity index (χ0v) is 21.2. The number of anilines is 1.